The van der Waals surface area contributed by atoms with Crippen LogP contribution >= 0.6 is 11.6 Å². The van der Waals surface area contributed by atoms with Gasteiger partial charge in [0, 0.05) is 16.7 Å². The Kier molecular flexibility index (Phi) is 6.47. The molecule has 3 rings (SSSR count). The fourth-order valence-corrected chi connectivity index (χ4v) is 2.99. The first-order chi connectivity index (χ1) is 14.2. The van der Waals surface area contributed by atoms with Crippen molar-refractivity contribution in [1.29, 1.82) is 0 Å². The molecule has 1 N–H and O–H groups in total. The number of ketones is 1. The van der Waals surface area contributed by atoms with E-state index in [1.54, 1.807) is 25.1 Å². The summed E-state index contributed by atoms with van der Waals surface area (Å²) in [6, 6.07) is 8.00. The standard InChI is InChI=1S/C21H20ClNO7/c1-11-6-14(22)4-5-17(11)30-13(3)21(26)27-9-20(25)23-16-8-19-18(28-10-29-19)7-15(16)12(2)24/h4-8,13H,9-10H2,1-3H3,(H,23,25). The molecule has 30 heavy (non-hydrogen) atoms. The third kappa shape index (κ3) is 5.01. The molecule has 0 saturated carbocycles. The molecule has 0 radical (unpaired) electrons. The Labute approximate surface area is 178 Å². The highest BCUT2D eigenvalue weighted by Crippen LogP contribution is 2.37. The zero-order valence-electron chi connectivity index (χ0n) is 16.6. The monoisotopic (exact) mass is 433 g/mol. The van der Waals surface area contributed by atoms with Crippen LogP contribution in [0.4, 0.5) is 5.69 Å². The lowest BCUT2D eigenvalue weighted by Gasteiger charge is -2.16. The number of carbonyl (C=O) groups excluding carboxylic acids is 3. The second-order valence-corrected chi connectivity index (χ2v) is 7.07. The van der Waals surface area contributed by atoms with Crippen LogP contribution in [0.2, 0.25) is 5.02 Å². The van der Waals surface area contributed by atoms with Crippen LogP contribution in [0, 0.1) is 6.92 Å². The summed E-state index contributed by atoms with van der Waals surface area (Å²) in [7, 11) is 0. The number of hydrogen-bond acceptors (Lipinski definition) is 7. The van der Waals surface area contributed by atoms with Crippen molar-refractivity contribution in [3.05, 3.63) is 46.5 Å². The van der Waals surface area contributed by atoms with Crippen LogP contribution in [0.5, 0.6) is 17.2 Å². The highest BCUT2D eigenvalue weighted by atomic mass is 35.5. The van der Waals surface area contributed by atoms with E-state index in [-0.39, 0.29) is 23.8 Å². The van der Waals surface area contributed by atoms with Gasteiger partial charge in [-0.1, -0.05) is 11.6 Å². The minimum atomic E-state index is -0.934. The first kappa shape index (κ1) is 21.4. The summed E-state index contributed by atoms with van der Waals surface area (Å²) in [5.74, 6) is -0.266. The lowest BCUT2D eigenvalue weighted by Crippen LogP contribution is -2.30. The Morgan fingerprint density at radius 3 is 2.53 bits per heavy atom. The van der Waals surface area contributed by atoms with E-state index in [4.69, 9.17) is 30.5 Å². The molecule has 1 aliphatic heterocycles. The topological polar surface area (TPSA) is 100 Å². The average molecular weight is 434 g/mol. The molecular weight excluding hydrogens is 414 g/mol. The predicted octanol–water partition coefficient (Wildman–Crippen LogP) is 3.53. The van der Waals surface area contributed by atoms with Gasteiger partial charge < -0.3 is 24.3 Å². The maximum atomic E-state index is 12.2. The number of esters is 1. The van der Waals surface area contributed by atoms with Gasteiger partial charge in [-0.3, -0.25) is 9.59 Å². The normalized spacial score (nSPS) is 12.8. The molecule has 0 bridgehead atoms. The molecule has 0 spiro atoms. The number of ether oxygens (including phenoxy) is 4. The molecular formula is C21H20ClNO7. The zero-order chi connectivity index (χ0) is 21.8. The van der Waals surface area contributed by atoms with Gasteiger partial charge in [0.15, 0.2) is 30.0 Å². The van der Waals surface area contributed by atoms with Gasteiger partial charge in [0.25, 0.3) is 5.91 Å². The minimum absolute atomic E-state index is 0.0344. The molecule has 1 amide bonds. The number of hydrogen-bond donors (Lipinski definition) is 1. The third-order valence-corrected chi connectivity index (χ3v) is 4.52. The number of aryl methyl sites for hydroxylation is 1. The van der Waals surface area contributed by atoms with E-state index in [0.717, 1.165) is 5.56 Å². The summed E-state index contributed by atoms with van der Waals surface area (Å²) in [6.45, 7) is 4.17. The summed E-state index contributed by atoms with van der Waals surface area (Å²) in [5, 5.41) is 3.11. The Morgan fingerprint density at radius 1 is 1.17 bits per heavy atom. The van der Waals surface area contributed by atoms with Gasteiger partial charge in [0.05, 0.1) is 5.69 Å². The van der Waals surface area contributed by atoms with E-state index in [2.05, 4.69) is 5.32 Å². The molecule has 0 saturated heterocycles. The van der Waals surface area contributed by atoms with E-state index in [1.807, 2.05) is 0 Å². The van der Waals surface area contributed by atoms with Crippen molar-refractivity contribution in [2.24, 2.45) is 0 Å². The first-order valence-electron chi connectivity index (χ1n) is 9.08. The SMILES string of the molecule is CC(=O)c1cc2c(cc1NC(=O)COC(=O)C(C)Oc1ccc(Cl)cc1C)OCO2. The van der Waals surface area contributed by atoms with Crippen LogP contribution < -0.4 is 19.5 Å². The third-order valence-electron chi connectivity index (χ3n) is 4.28. The number of fused-ring (bicyclic) bond motifs is 1. The first-order valence-corrected chi connectivity index (χ1v) is 9.46. The van der Waals surface area contributed by atoms with Crippen molar-refractivity contribution in [3.8, 4) is 17.2 Å². The number of carbonyl (C=O) groups is 3. The molecule has 0 fully saturated rings. The highest BCUT2D eigenvalue weighted by Gasteiger charge is 2.22. The molecule has 9 heteroatoms. The number of amides is 1. The maximum absolute atomic E-state index is 12.2. The molecule has 1 atom stereocenters. The molecule has 1 aliphatic rings. The summed E-state index contributed by atoms with van der Waals surface area (Å²) in [6.07, 6.45) is -0.934. The largest absolute Gasteiger partial charge is 0.479 e. The fraction of sp³-hybridized carbons (Fsp3) is 0.286. The minimum Gasteiger partial charge on any atom is -0.479 e. The predicted molar refractivity (Wildman–Crippen MR) is 108 cm³/mol. The summed E-state index contributed by atoms with van der Waals surface area (Å²) >= 11 is 5.90. The average Bonchev–Trinajstić information content (AvgIpc) is 3.14. The van der Waals surface area contributed by atoms with Crippen molar-refractivity contribution < 1.29 is 33.3 Å². The maximum Gasteiger partial charge on any atom is 0.347 e. The molecule has 0 aliphatic carbocycles. The van der Waals surface area contributed by atoms with Crippen LogP contribution in [0.3, 0.4) is 0 Å². The lowest BCUT2D eigenvalue weighted by atomic mass is 10.1. The van der Waals surface area contributed by atoms with Gasteiger partial charge in [-0.25, -0.2) is 4.79 Å². The number of rotatable bonds is 7. The van der Waals surface area contributed by atoms with Gasteiger partial charge in [-0.2, -0.15) is 0 Å². The van der Waals surface area contributed by atoms with Crippen molar-refractivity contribution in [2.45, 2.75) is 26.9 Å². The molecule has 2 aromatic rings. The smallest absolute Gasteiger partial charge is 0.347 e. The van der Waals surface area contributed by atoms with E-state index >= 15 is 0 Å². The van der Waals surface area contributed by atoms with Crippen molar-refractivity contribution in [2.75, 3.05) is 18.7 Å². The Bertz CT molecular complexity index is 1010. The van der Waals surface area contributed by atoms with Crippen LogP contribution in [0.1, 0.15) is 29.8 Å². The molecule has 1 heterocycles. The Balaban J connectivity index is 1.58. The number of anilines is 1. The Morgan fingerprint density at radius 2 is 1.87 bits per heavy atom. The van der Waals surface area contributed by atoms with E-state index < -0.39 is 24.6 Å². The fourth-order valence-electron chi connectivity index (χ4n) is 2.76. The van der Waals surface area contributed by atoms with Gasteiger partial charge >= 0.3 is 5.97 Å². The second kappa shape index (κ2) is 9.04. The number of nitrogens with one attached hydrogen (secondary N) is 1. The van der Waals surface area contributed by atoms with Crippen molar-refractivity contribution in [1.82, 2.24) is 0 Å². The summed E-state index contributed by atoms with van der Waals surface area (Å²) in [4.78, 5) is 36.3. The second-order valence-electron chi connectivity index (χ2n) is 6.63. The van der Waals surface area contributed by atoms with Gasteiger partial charge in [0.1, 0.15) is 5.75 Å². The van der Waals surface area contributed by atoms with Crippen LogP contribution in [0.15, 0.2) is 30.3 Å². The van der Waals surface area contributed by atoms with Crippen LogP contribution in [-0.4, -0.2) is 37.2 Å². The van der Waals surface area contributed by atoms with Gasteiger partial charge in [0.2, 0.25) is 6.79 Å². The molecule has 0 aromatic heterocycles. The van der Waals surface area contributed by atoms with E-state index in [0.29, 0.717) is 22.3 Å². The molecule has 2 aromatic carbocycles. The van der Waals surface area contributed by atoms with Crippen LogP contribution in [-0.2, 0) is 14.3 Å². The van der Waals surface area contributed by atoms with Crippen molar-refractivity contribution >= 4 is 34.9 Å². The van der Waals surface area contributed by atoms with Crippen LogP contribution in [0.25, 0.3) is 0 Å². The Hall–Kier alpha value is -3.26. The van der Waals surface area contributed by atoms with E-state index in [9.17, 15) is 14.4 Å². The van der Waals surface area contributed by atoms with E-state index in [1.165, 1.54) is 26.0 Å². The highest BCUT2D eigenvalue weighted by molar-refractivity contribution is 6.30. The van der Waals surface area contributed by atoms with Crippen molar-refractivity contribution in [3.63, 3.8) is 0 Å². The van der Waals surface area contributed by atoms with Gasteiger partial charge in [-0.15, -0.1) is 0 Å². The molecule has 158 valence electrons. The zero-order valence-corrected chi connectivity index (χ0v) is 17.4. The number of benzene rings is 2. The molecule has 8 nitrogen and oxygen atoms in total. The lowest BCUT2D eigenvalue weighted by molar-refractivity contribution is -0.153. The summed E-state index contributed by atoms with van der Waals surface area (Å²) in [5.41, 5.74) is 1.27. The quantitative estimate of drug-likeness (QED) is 0.526. The van der Waals surface area contributed by atoms with Gasteiger partial charge in [-0.05, 0) is 50.6 Å². The number of Topliss-reactive ketones (excluding diaryl/α,β-unsaturated/α-hetero) is 1. The number of halogens is 1. The molecule has 1 unspecified atom stereocenters. The summed E-state index contributed by atoms with van der Waals surface area (Å²) < 4.78 is 21.1.